The molecule has 0 radical (unpaired) electrons. The van der Waals surface area contributed by atoms with E-state index in [0.717, 1.165) is 12.8 Å². The lowest BCUT2D eigenvalue weighted by Gasteiger charge is -2.30. The minimum atomic E-state index is -1.12. The van der Waals surface area contributed by atoms with Gasteiger partial charge >= 0.3 is 12.1 Å². The van der Waals surface area contributed by atoms with Crippen LogP contribution in [0, 0.1) is 0 Å². The molecular formula is C15H24N2O6. The summed E-state index contributed by atoms with van der Waals surface area (Å²) in [4.78, 5) is 47.7. The summed E-state index contributed by atoms with van der Waals surface area (Å²) in [6.45, 7) is 4.14. The van der Waals surface area contributed by atoms with Crippen molar-refractivity contribution in [2.45, 2.75) is 64.8 Å². The summed E-state index contributed by atoms with van der Waals surface area (Å²) >= 11 is 0. The van der Waals surface area contributed by atoms with Crippen LogP contribution in [0.5, 0.6) is 0 Å². The second kappa shape index (κ2) is 8.50. The average Bonchev–Trinajstić information content (AvgIpc) is 2.46. The summed E-state index contributed by atoms with van der Waals surface area (Å²) in [6.07, 6.45) is 0.948. The number of carbonyl (C=O) groups is 4. The topological polar surface area (TPSA) is 102 Å². The van der Waals surface area contributed by atoms with E-state index < -0.39 is 30.4 Å². The van der Waals surface area contributed by atoms with Gasteiger partial charge in [-0.15, -0.1) is 0 Å². The maximum Gasteiger partial charge on any atom is 0.413 e. The second-order valence-corrected chi connectivity index (χ2v) is 5.65. The maximum absolute atomic E-state index is 12.0. The van der Waals surface area contributed by atoms with Gasteiger partial charge in [0.2, 0.25) is 12.2 Å². The summed E-state index contributed by atoms with van der Waals surface area (Å²) in [5, 5.41) is 2.37. The number of rotatable bonds is 5. The predicted molar refractivity (Wildman–Crippen MR) is 80.3 cm³/mol. The molecule has 0 heterocycles. The highest BCUT2D eigenvalue weighted by molar-refractivity contribution is 5.88. The van der Waals surface area contributed by atoms with Crippen molar-refractivity contribution in [1.82, 2.24) is 10.2 Å². The Morgan fingerprint density at radius 3 is 2.43 bits per heavy atom. The zero-order valence-electron chi connectivity index (χ0n) is 14.0. The van der Waals surface area contributed by atoms with Gasteiger partial charge in [0.05, 0.1) is 6.04 Å². The summed E-state index contributed by atoms with van der Waals surface area (Å²) in [6, 6.07) is -1.33. The molecule has 0 spiro atoms. The van der Waals surface area contributed by atoms with Crippen LogP contribution in [-0.4, -0.2) is 54.1 Å². The van der Waals surface area contributed by atoms with Crippen LogP contribution in [0.3, 0.4) is 0 Å². The van der Waals surface area contributed by atoms with E-state index in [9.17, 15) is 19.2 Å². The van der Waals surface area contributed by atoms with Gasteiger partial charge in [-0.05, 0) is 19.8 Å². The largest absolute Gasteiger partial charge is 0.424 e. The van der Waals surface area contributed by atoms with Crippen molar-refractivity contribution in [3.8, 4) is 0 Å². The predicted octanol–water partition coefficient (Wildman–Crippen LogP) is 0.980. The van der Waals surface area contributed by atoms with Crippen LogP contribution in [0.1, 0.15) is 46.5 Å². The molecule has 0 saturated heterocycles. The smallest absolute Gasteiger partial charge is 0.413 e. The molecule has 0 aromatic rings. The van der Waals surface area contributed by atoms with Crippen LogP contribution in [0.15, 0.2) is 0 Å². The number of hydrogen-bond acceptors (Lipinski definition) is 6. The van der Waals surface area contributed by atoms with Crippen LogP contribution in [0.25, 0.3) is 0 Å². The van der Waals surface area contributed by atoms with Crippen LogP contribution >= 0.6 is 0 Å². The molecule has 3 atom stereocenters. The fourth-order valence-corrected chi connectivity index (χ4v) is 2.38. The SMILES string of the molecule is CC(=O)N[C@@H](C)C(=O)OC(C)OC(=O)N(C)[C@@H]1CCCCC1=O. The number of esters is 1. The quantitative estimate of drug-likeness (QED) is 0.596. The maximum atomic E-state index is 12.0. The Kier molecular flexibility index (Phi) is 6.99. The van der Waals surface area contributed by atoms with Gasteiger partial charge in [-0.1, -0.05) is 6.42 Å². The molecule has 1 N–H and O–H groups in total. The Morgan fingerprint density at radius 1 is 1.22 bits per heavy atom. The first-order chi connectivity index (χ1) is 10.7. The number of Topliss-reactive ketones (excluding diaryl/α,β-unsaturated/α-hetero) is 1. The van der Waals surface area contributed by atoms with Crippen LogP contribution in [0.2, 0.25) is 0 Å². The lowest BCUT2D eigenvalue weighted by atomic mass is 9.93. The van der Waals surface area contributed by atoms with Crippen molar-refractivity contribution in [3.05, 3.63) is 0 Å². The summed E-state index contributed by atoms with van der Waals surface area (Å²) in [5.41, 5.74) is 0. The third-order valence-corrected chi connectivity index (χ3v) is 3.60. The molecule has 0 aromatic carbocycles. The Bertz CT molecular complexity index is 479. The minimum Gasteiger partial charge on any atom is -0.424 e. The number of carbonyl (C=O) groups excluding carboxylic acids is 4. The lowest BCUT2D eigenvalue weighted by molar-refractivity contribution is -0.169. The lowest BCUT2D eigenvalue weighted by Crippen LogP contribution is -2.45. The van der Waals surface area contributed by atoms with Gasteiger partial charge in [0.25, 0.3) is 0 Å². The first kappa shape index (κ1) is 18.9. The van der Waals surface area contributed by atoms with Crippen LogP contribution in [-0.2, 0) is 23.9 Å². The number of ether oxygens (including phenoxy) is 2. The highest BCUT2D eigenvalue weighted by Gasteiger charge is 2.31. The van der Waals surface area contributed by atoms with Crippen molar-refractivity contribution in [2.75, 3.05) is 7.05 Å². The Hall–Kier alpha value is -2.12. The Morgan fingerprint density at radius 2 is 1.87 bits per heavy atom. The molecule has 0 bridgehead atoms. The third kappa shape index (κ3) is 5.88. The summed E-state index contributed by atoms with van der Waals surface area (Å²) in [5.74, 6) is -1.06. The van der Waals surface area contributed by atoms with Crippen molar-refractivity contribution in [2.24, 2.45) is 0 Å². The number of likely N-dealkylation sites (N-methyl/N-ethyl adjacent to an activating group) is 1. The zero-order chi connectivity index (χ0) is 17.6. The molecule has 1 aliphatic rings. The fraction of sp³-hybridized carbons (Fsp3) is 0.733. The van der Waals surface area contributed by atoms with Gasteiger partial charge in [0, 0.05) is 27.3 Å². The Labute approximate surface area is 135 Å². The number of nitrogens with zero attached hydrogens (tertiary/aromatic N) is 1. The molecule has 8 heteroatoms. The molecular weight excluding hydrogens is 304 g/mol. The molecule has 2 amide bonds. The number of amides is 2. The molecule has 1 unspecified atom stereocenters. The molecule has 130 valence electrons. The van der Waals surface area contributed by atoms with Gasteiger partial charge in [0.1, 0.15) is 6.04 Å². The van der Waals surface area contributed by atoms with Gasteiger partial charge < -0.3 is 19.7 Å². The van der Waals surface area contributed by atoms with Crippen molar-refractivity contribution >= 4 is 23.8 Å². The first-order valence-electron chi connectivity index (χ1n) is 7.66. The van der Waals surface area contributed by atoms with E-state index in [0.29, 0.717) is 12.8 Å². The molecule has 1 aliphatic carbocycles. The molecule has 0 aromatic heterocycles. The number of hydrogen-bond donors (Lipinski definition) is 1. The van der Waals surface area contributed by atoms with E-state index in [1.165, 1.54) is 32.7 Å². The van der Waals surface area contributed by atoms with E-state index in [2.05, 4.69) is 5.32 Å². The molecule has 8 nitrogen and oxygen atoms in total. The van der Waals surface area contributed by atoms with E-state index in [4.69, 9.17) is 9.47 Å². The average molecular weight is 328 g/mol. The second-order valence-electron chi connectivity index (χ2n) is 5.65. The number of nitrogens with one attached hydrogen (secondary N) is 1. The molecule has 1 fully saturated rings. The van der Waals surface area contributed by atoms with Crippen molar-refractivity contribution in [1.29, 1.82) is 0 Å². The van der Waals surface area contributed by atoms with Crippen molar-refractivity contribution < 1.29 is 28.7 Å². The summed E-state index contributed by atoms with van der Waals surface area (Å²) < 4.78 is 9.96. The molecule has 23 heavy (non-hydrogen) atoms. The van der Waals surface area contributed by atoms with E-state index in [1.807, 2.05) is 0 Å². The molecule has 1 rings (SSSR count). The van der Waals surface area contributed by atoms with Gasteiger partial charge in [-0.25, -0.2) is 9.59 Å². The van der Waals surface area contributed by atoms with E-state index in [1.54, 1.807) is 0 Å². The monoisotopic (exact) mass is 328 g/mol. The standard InChI is InChI=1S/C15H24N2O6/c1-9(16-10(2)18)14(20)22-11(3)23-15(21)17(4)12-7-5-6-8-13(12)19/h9,11-12H,5-8H2,1-4H3,(H,16,18)/t9-,11?,12+/m0/s1. The molecule has 0 aliphatic heterocycles. The zero-order valence-corrected chi connectivity index (χ0v) is 14.0. The van der Waals surface area contributed by atoms with Gasteiger partial charge in [0.15, 0.2) is 5.78 Å². The van der Waals surface area contributed by atoms with E-state index >= 15 is 0 Å². The fourth-order valence-electron chi connectivity index (χ4n) is 2.38. The molecule has 1 saturated carbocycles. The number of ketones is 1. The van der Waals surface area contributed by atoms with Gasteiger partial charge in [-0.3, -0.25) is 9.59 Å². The Balaban J connectivity index is 2.47. The normalized spacial score (nSPS) is 20.2. The van der Waals surface area contributed by atoms with Crippen LogP contribution < -0.4 is 5.32 Å². The summed E-state index contributed by atoms with van der Waals surface area (Å²) in [7, 11) is 1.49. The third-order valence-electron chi connectivity index (χ3n) is 3.60. The van der Waals surface area contributed by atoms with Crippen molar-refractivity contribution in [3.63, 3.8) is 0 Å². The van der Waals surface area contributed by atoms with E-state index in [-0.39, 0.29) is 11.7 Å². The minimum absolute atomic E-state index is 0.0135. The van der Waals surface area contributed by atoms with Gasteiger partial charge in [-0.2, -0.15) is 0 Å². The van der Waals surface area contributed by atoms with Crippen LogP contribution in [0.4, 0.5) is 4.79 Å². The first-order valence-corrected chi connectivity index (χ1v) is 7.66. The highest BCUT2D eigenvalue weighted by Crippen LogP contribution is 2.19. The highest BCUT2D eigenvalue weighted by atomic mass is 16.7.